The minimum Gasteiger partial charge on any atom is -0.310 e. The molecular formula is C62H42N2. The summed E-state index contributed by atoms with van der Waals surface area (Å²) in [6.45, 7) is 0. The van der Waals surface area contributed by atoms with E-state index < -0.39 is 0 Å². The second kappa shape index (κ2) is 15.8. The Morgan fingerprint density at radius 2 is 0.844 bits per heavy atom. The molecule has 0 fully saturated rings. The van der Waals surface area contributed by atoms with Gasteiger partial charge < -0.3 is 9.47 Å². The van der Waals surface area contributed by atoms with Crippen LogP contribution in [0.3, 0.4) is 0 Å². The van der Waals surface area contributed by atoms with Crippen LogP contribution in [-0.2, 0) is 0 Å². The van der Waals surface area contributed by atoms with Gasteiger partial charge in [-0.1, -0.05) is 194 Å². The second-order valence-corrected chi connectivity index (χ2v) is 16.5. The second-order valence-electron chi connectivity index (χ2n) is 16.5. The molecule has 1 heterocycles. The summed E-state index contributed by atoms with van der Waals surface area (Å²) in [5.74, 6) is 0. The smallest absolute Gasteiger partial charge is 0.0547 e. The average molecular weight is 815 g/mol. The number of aromatic nitrogens is 1. The van der Waals surface area contributed by atoms with Crippen LogP contribution in [0.1, 0.15) is 0 Å². The fraction of sp³-hybridized carbons (Fsp3) is 0. The highest BCUT2D eigenvalue weighted by molar-refractivity contribution is 6.16. The van der Waals surface area contributed by atoms with Crippen molar-refractivity contribution in [2.45, 2.75) is 0 Å². The number of hydrogen-bond acceptors (Lipinski definition) is 1. The molecule has 300 valence electrons. The van der Waals surface area contributed by atoms with Crippen LogP contribution >= 0.6 is 0 Å². The summed E-state index contributed by atoms with van der Waals surface area (Å²) in [6, 6.07) is 92.7. The zero-order valence-electron chi connectivity index (χ0n) is 35.1. The van der Waals surface area contributed by atoms with E-state index in [0.29, 0.717) is 0 Å². The highest BCUT2D eigenvalue weighted by Gasteiger charge is 2.20. The molecule has 0 saturated heterocycles. The Hall–Kier alpha value is -8.46. The average Bonchev–Trinajstić information content (AvgIpc) is 3.72. The van der Waals surface area contributed by atoms with Crippen LogP contribution < -0.4 is 4.90 Å². The Labute approximate surface area is 373 Å². The van der Waals surface area contributed by atoms with Gasteiger partial charge in [0.05, 0.1) is 16.7 Å². The number of hydrogen-bond donors (Lipinski definition) is 0. The van der Waals surface area contributed by atoms with E-state index in [2.05, 4.69) is 264 Å². The SMILES string of the molecule is c1ccc(-c2ccc(-c3ccccc3N(c3ccc(-c4ccc5c(ccc6ccccc65)c4)cc3)c3cccc(-c4cccc5c4c4ccccc4n5-c4ccccc4)c3)cc2)cc1. The first-order valence-corrected chi connectivity index (χ1v) is 22.0. The molecule has 0 bridgehead atoms. The summed E-state index contributed by atoms with van der Waals surface area (Å²) in [5.41, 5.74) is 16.3. The van der Waals surface area contributed by atoms with Gasteiger partial charge >= 0.3 is 0 Å². The normalized spacial score (nSPS) is 11.4. The van der Waals surface area contributed by atoms with Crippen LogP contribution in [0.15, 0.2) is 255 Å². The van der Waals surface area contributed by atoms with Gasteiger partial charge in [-0.25, -0.2) is 0 Å². The highest BCUT2D eigenvalue weighted by Crippen LogP contribution is 2.45. The summed E-state index contributed by atoms with van der Waals surface area (Å²) in [7, 11) is 0. The molecule has 0 atom stereocenters. The summed E-state index contributed by atoms with van der Waals surface area (Å²) in [4.78, 5) is 2.42. The van der Waals surface area contributed by atoms with E-state index in [9.17, 15) is 0 Å². The van der Waals surface area contributed by atoms with Gasteiger partial charge in [-0.15, -0.1) is 0 Å². The van der Waals surface area contributed by atoms with E-state index in [0.717, 1.165) is 39.4 Å². The van der Waals surface area contributed by atoms with Crippen molar-refractivity contribution in [1.82, 2.24) is 4.57 Å². The van der Waals surface area contributed by atoms with E-state index in [1.807, 2.05) is 0 Å². The van der Waals surface area contributed by atoms with Gasteiger partial charge in [0.1, 0.15) is 0 Å². The van der Waals surface area contributed by atoms with E-state index in [1.54, 1.807) is 0 Å². The van der Waals surface area contributed by atoms with Crippen molar-refractivity contribution < 1.29 is 0 Å². The summed E-state index contributed by atoms with van der Waals surface area (Å²) in [5, 5.41) is 7.55. The maximum absolute atomic E-state index is 2.42. The van der Waals surface area contributed by atoms with Crippen LogP contribution in [0.25, 0.3) is 93.5 Å². The molecule has 0 N–H and O–H groups in total. The van der Waals surface area contributed by atoms with Gasteiger partial charge in [-0.3, -0.25) is 0 Å². The van der Waals surface area contributed by atoms with Crippen LogP contribution in [0, 0.1) is 0 Å². The zero-order valence-corrected chi connectivity index (χ0v) is 35.1. The molecule has 0 aliphatic carbocycles. The number of benzene rings is 11. The molecule has 12 rings (SSSR count). The molecule has 0 amide bonds. The van der Waals surface area contributed by atoms with Gasteiger partial charge in [0, 0.05) is 33.4 Å². The van der Waals surface area contributed by atoms with Gasteiger partial charge in [0.2, 0.25) is 0 Å². The molecule has 0 spiro atoms. The topological polar surface area (TPSA) is 8.17 Å². The van der Waals surface area contributed by atoms with Gasteiger partial charge in [-0.05, 0) is 121 Å². The predicted molar refractivity (Wildman–Crippen MR) is 272 cm³/mol. The molecule has 0 unspecified atom stereocenters. The third kappa shape index (κ3) is 6.52. The first kappa shape index (κ1) is 37.3. The number of nitrogens with zero attached hydrogens (tertiary/aromatic N) is 2. The number of anilines is 3. The van der Waals surface area contributed by atoms with Crippen molar-refractivity contribution in [2.24, 2.45) is 0 Å². The minimum atomic E-state index is 1.08. The minimum absolute atomic E-state index is 1.08. The Morgan fingerprint density at radius 1 is 0.281 bits per heavy atom. The molecule has 0 aliphatic heterocycles. The lowest BCUT2D eigenvalue weighted by Gasteiger charge is -2.28. The molecule has 1 aromatic heterocycles. The molecule has 0 aliphatic rings. The third-order valence-electron chi connectivity index (χ3n) is 12.8. The van der Waals surface area contributed by atoms with Crippen molar-refractivity contribution in [1.29, 1.82) is 0 Å². The van der Waals surface area contributed by atoms with Gasteiger partial charge in [0.25, 0.3) is 0 Å². The molecule has 64 heavy (non-hydrogen) atoms. The Balaban J connectivity index is 1.00. The molecular weight excluding hydrogens is 773 g/mol. The lowest BCUT2D eigenvalue weighted by Crippen LogP contribution is -2.11. The molecule has 2 nitrogen and oxygen atoms in total. The summed E-state index contributed by atoms with van der Waals surface area (Å²) in [6.07, 6.45) is 0. The molecule has 2 heteroatoms. The number of fused-ring (bicyclic) bond motifs is 6. The largest absolute Gasteiger partial charge is 0.310 e. The fourth-order valence-corrected chi connectivity index (χ4v) is 9.74. The lowest BCUT2D eigenvalue weighted by molar-refractivity contribution is 1.18. The molecule has 12 aromatic rings. The van der Waals surface area contributed by atoms with Crippen LogP contribution in [0.2, 0.25) is 0 Å². The Kier molecular flexibility index (Phi) is 9.20. The Bertz CT molecular complexity index is 3640. The lowest BCUT2D eigenvalue weighted by atomic mass is 9.96. The van der Waals surface area contributed by atoms with Crippen molar-refractivity contribution in [3.8, 4) is 50.2 Å². The van der Waals surface area contributed by atoms with E-state index in [1.165, 1.54) is 71.2 Å². The zero-order chi connectivity index (χ0) is 42.4. The van der Waals surface area contributed by atoms with Crippen LogP contribution in [-0.4, -0.2) is 4.57 Å². The first-order chi connectivity index (χ1) is 31.7. The van der Waals surface area contributed by atoms with Crippen molar-refractivity contribution >= 4 is 60.4 Å². The molecule has 0 radical (unpaired) electrons. The van der Waals surface area contributed by atoms with Crippen molar-refractivity contribution in [3.63, 3.8) is 0 Å². The molecule has 11 aromatic carbocycles. The van der Waals surface area contributed by atoms with Gasteiger partial charge in [0.15, 0.2) is 0 Å². The van der Waals surface area contributed by atoms with Gasteiger partial charge in [-0.2, -0.15) is 0 Å². The quantitative estimate of drug-likeness (QED) is 0.139. The Morgan fingerprint density at radius 3 is 1.69 bits per heavy atom. The maximum Gasteiger partial charge on any atom is 0.0547 e. The first-order valence-electron chi connectivity index (χ1n) is 22.0. The van der Waals surface area contributed by atoms with E-state index in [-0.39, 0.29) is 0 Å². The monoisotopic (exact) mass is 814 g/mol. The fourth-order valence-electron chi connectivity index (χ4n) is 9.74. The van der Waals surface area contributed by atoms with E-state index >= 15 is 0 Å². The third-order valence-corrected chi connectivity index (χ3v) is 12.8. The molecule has 0 saturated carbocycles. The highest BCUT2D eigenvalue weighted by atomic mass is 15.1. The number of rotatable bonds is 8. The maximum atomic E-state index is 2.42. The summed E-state index contributed by atoms with van der Waals surface area (Å²) < 4.78 is 2.39. The summed E-state index contributed by atoms with van der Waals surface area (Å²) >= 11 is 0. The van der Waals surface area contributed by atoms with Crippen molar-refractivity contribution in [3.05, 3.63) is 255 Å². The van der Waals surface area contributed by atoms with E-state index in [4.69, 9.17) is 0 Å². The number of para-hydroxylation sites is 3. The standard InChI is InChI=1S/C62H42N2/c1-3-15-43(16-4-1)44-29-31-47(32-30-44)56-23-9-11-26-59(56)63(52-38-35-45(36-39-52)48-37-40-55-50(41-48)34-33-46-17-7-8-22-54(46)55)53-21-13-18-49(42-53)57-25-14-28-61-62(57)58-24-10-12-27-60(58)64(61)51-19-5-2-6-20-51/h1-42H. The predicted octanol–water partition coefficient (Wildman–Crippen LogP) is 17.2. The van der Waals surface area contributed by atoms with Crippen LogP contribution in [0.4, 0.5) is 17.1 Å². The van der Waals surface area contributed by atoms with Crippen LogP contribution in [0.5, 0.6) is 0 Å². The van der Waals surface area contributed by atoms with Crippen molar-refractivity contribution in [2.75, 3.05) is 4.90 Å².